The molecule has 17 nitrogen and oxygen atoms in total. The molecule has 0 aliphatic heterocycles. The zero-order valence-corrected chi connectivity index (χ0v) is 60.8. The van der Waals surface area contributed by atoms with E-state index in [1.165, 1.54) is 193 Å². The van der Waals surface area contributed by atoms with Gasteiger partial charge in [-0.2, -0.15) is 0 Å². The Morgan fingerprint density at radius 2 is 0.505 bits per heavy atom. The van der Waals surface area contributed by atoms with Gasteiger partial charge in [-0.25, -0.2) is 9.13 Å². The predicted molar refractivity (Wildman–Crippen MR) is 368 cm³/mol. The standard InChI is InChI=1S/C72H140O17P2/c1-6-9-12-15-17-19-21-23-25-26-27-28-29-30-31-33-35-37-39-41-47-52-57-71(76)88-68(62-83-70(75)56-51-46-40-38-36-34-32-24-22-20-18-16-13-10-7-2)64-87-91(80,81)85-60-66(73)59-84-90(78,79)86-63-67(61-82-69(74)55-50-44-14-11-8-3)89-72(77)58-53-48-43-42-45-49-54-65(4)5/h65-68,73H,6-64H2,1-5H3,(H,78,79)(H,80,81)/t66-,67+,68+/m0/s1. The molecule has 0 aromatic carbocycles. The lowest BCUT2D eigenvalue weighted by Crippen LogP contribution is -2.30. The summed E-state index contributed by atoms with van der Waals surface area (Å²) in [6, 6.07) is 0. The van der Waals surface area contributed by atoms with Crippen LogP contribution in [0.25, 0.3) is 0 Å². The molecule has 91 heavy (non-hydrogen) atoms. The second kappa shape index (κ2) is 65.4. The highest BCUT2D eigenvalue weighted by Gasteiger charge is 2.30. The zero-order chi connectivity index (χ0) is 67.0. The van der Waals surface area contributed by atoms with E-state index in [0.29, 0.717) is 31.6 Å². The minimum absolute atomic E-state index is 0.102. The van der Waals surface area contributed by atoms with Gasteiger partial charge in [-0.05, 0) is 31.6 Å². The molecule has 0 radical (unpaired) electrons. The first-order valence-corrected chi connectivity index (χ1v) is 40.6. The average molecular weight is 1340 g/mol. The largest absolute Gasteiger partial charge is 0.472 e. The highest BCUT2D eigenvalue weighted by atomic mass is 31.2. The molecular formula is C72H140O17P2. The van der Waals surface area contributed by atoms with Crippen LogP contribution in [0, 0.1) is 5.92 Å². The molecule has 0 aliphatic rings. The Hall–Kier alpha value is -1.94. The molecule has 3 N–H and O–H groups in total. The number of phosphoric acid groups is 2. The average Bonchev–Trinajstić information content (AvgIpc) is 3.32. The Kier molecular flexibility index (Phi) is 64.0. The highest BCUT2D eigenvalue weighted by molar-refractivity contribution is 7.47. The van der Waals surface area contributed by atoms with Crippen LogP contribution in [0.2, 0.25) is 0 Å². The van der Waals surface area contributed by atoms with Crippen LogP contribution in [-0.2, 0) is 65.4 Å². The van der Waals surface area contributed by atoms with E-state index >= 15 is 0 Å². The molecule has 0 heterocycles. The summed E-state index contributed by atoms with van der Waals surface area (Å²) in [6.07, 6.45) is 53.6. The third-order valence-electron chi connectivity index (χ3n) is 16.8. The van der Waals surface area contributed by atoms with E-state index in [4.69, 9.17) is 37.0 Å². The van der Waals surface area contributed by atoms with Crippen LogP contribution in [0.3, 0.4) is 0 Å². The molecule has 5 atom stereocenters. The van der Waals surface area contributed by atoms with Gasteiger partial charge in [-0.1, -0.05) is 324 Å². The number of ether oxygens (including phenoxy) is 4. The molecule has 0 saturated heterocycles. The molecule has 0 spiro atoms. The lowest BCUT2D eigenvalue weighted by atomic mass is 10.0. The fourth-order valence-corrected chi connectivity index (χ4v) is 12.6. The number of unbranched alkanes of at least 4 members (excludes halogenated alkanes) is 44. The van der Waals surface area contributed by atoms with E-state index in [2.05, 4.69) is 34.6 Å². The fourth-order valence-electron chi connectivity index (χ4n) is 11.0. The monoisotopic (exact) mass is 1340 g/mol. The maximum absolute atomic E-state index is 13.1. The molecule has 2 unspecified atom stereocenters. The number of hydrogen-bond donors (Lipinski definition) is 3. The van der Waals surface area contributed by atoms with Crippen molar-refractivity contribution in [1.82, 2.24) is 0 Å². The third kappa shape index (κ3) is 66.5. The summed E-state index contributed by atoms with van der Waals surface area (Å²) in [5.74, 6) is -1.47. The zero-order valence-electron chi connectivity index (χ0n) is 59.0. The van der Waals surface area contributed by atoms with Crippen molar-refractivity contribution in [3.63, 3.8) is 0 Å². The number of rotatable bonds is 72. The molecule has 0 aromatic rings. The van der Waals surface area contributed by atoms with Crippen LogP contribution in [0.5, 0.6) is 0 Å². The van der Waals surface area contributed by atoms with Gasteiger partial charge in [0, 0.05) is 25.7 Å². The summed E-state index contributed by atoms with van der Waals surface area (Å²) in [5.41, 5.74) is 0. The smallest absolute Gasteiger partial charge is 0.462 e. The number of carbonyl (C=O) groups excluding carboxylic acids is 4. The van der Waals surface area contributed by atoms with Crippen molar-refractivity contribution in [2.24, 2.45) is 5.92 Å². The molecule has 0 aliphatic carbocycles. The summed E-state index contributed by atoms with van der Waals surface area (Å²) >= 11 is 0. The molecule has 0 fully saturated rings. The first kappa shape index (κ1) is 89.1. The van der Waals surface area contributed by atoms with Gasteiger partial charge >= 0.3 is 39.5 Å². The number of esters is 4. The highest BCUT2D eigenvalue weighted by Crippen LogP contribution is 2.45. The van der Waals surface area contributed by atoms with Gasteiger partial charge in [0.25, 0.3) is 0 Å². The van der Waals surface area contributed by atoms with Gasteiger partial charge < -0.3 is 33.8 Å². The van der Waals surface area contributed by atoms with Crippen LogP contribution < -0.4 is 0 Å². The fraction of sp³-hybridized carbons (Fsp3) is 0.944. The van der Waals surface area contributed by atoms with Gasteiger partial charge in [-0.15, -0.1) is 0 Å². The quantitative estimate of drug-likeness (QED) is 0.0222. The number of aliphatic hydroxyl groups is 1. The Labute approximate surface area is 556 Å². The van der Waals surface area contributed by atoms with Crippen LogP contribution in [0.1, 0.15) is 375 Å². The van der Waals surface area contributed by atoms with E-state index in [-0.39, 0.29) is 25.7 Å². The van der Waals surface area contributed by atoms with Crippen molar-refractivity contribution >= 4 is 39.5 Å². The van der Waals surface area contributed by atoms with Crippen molar-refractivity contribution in [3.8, 4) is 0 Å². The normalized spacial score (nSPS) is 14.0. The van der Waals surface area contributed by atoms with E-state index in [1.54, 1.807) is 0 Å². The molecule has 0 rings (SSSR count). The number of aliphatic hydroxyl groups excluding tert-OH is 1. The van der Waals surface area contributed by atoms with E-state index < -0.39 is 97.5 Å². The van der Waals surface area contributed by atoms with Crippen molar-refractivity contribution in [2.75, 3.05) is 39.6 Å². The van der Waals surface area contributed by atoms with E-state index in [9.17, 15) is 43.2 Å². The second-order valence-corrected chi connectivity index (χ2v) is 29.4. The molecule has 19 heteroatoms. The summed E-state index contributed by atoms with van der Waals surface area (Å²) in [7, 11) is -9.89. The van der Waals surface area contributed by atoms with E-state index in [0.717, 1.165) is 96.3 Å². The summed E-state index contributed by atoms with van der Waals surface area (Å²) in [4.78, 5) is 72.2. The maximum Gasteiger partial charge on any atom is 0.472 e. The molecule has 540 valence electrons. The lowest BCUT2D eigenvalue weighted by molar-refractivity contribution is -0.161. The Balaban J connectivity index is 5.09. The molecule has 0 aromatic heterocycles. The second-order valence-electron chi connectivity index (χ2n) is 26.5. The van der Waals surface area contributed by atoms with Crippen LogP contribution >= 0.6 is 15.6 Å². The number of carbonyl (C=O) groups is 4. The Bertz CT molecular complexity index is 1750. The molecule has 0 saturated carbocycles. The predicted octanol–water partition coefficient (Wildman–Crippen LogP) is 20.9. The molecule has 0 amide bonds. The SMILES string of the molecule is CCCCCCCCCCCCCCCCCCCCCCCCC(=O)O[C@H](COC(=O)CCCCCCCCCCCCCCCCC)COP(=O)(O)OC[C@@H](O)COP(=O)(O)OC[C@@H](COC(=O)CCCCCCC)OC(=O)CCCCCCCCC(C)C. The van der Waals surface area contributed by atoms with Crippen LogP contribution in [0.15, 0.2) is 0 Å². The van der Waals surface area contributed by atoms with Crippen molar-refractivity contribution < 1.29 is 80.2 Å². The third-order valence-corrected chi connectivity index (χ3v) is 18.7. The summed E-state index contributed by atoms with van der Waals surface area (Å²) in [5, 5.41) is 10.6. The summed E-state index contributed by atoms with van der Waals surface area (Å²) < 4.78 is 68.0. The van der Waals surface area contributed by atoms with Crippen molar-refractivity contribution in [2.45, 2.75) is 393 Å². The lowest BCUT2D eigenvalue weighted by Gasteiger charge is -2.21. The van der Waals surface area contributed by atoms with Crippen LogP contribution in [0.4, 0.5) is 0 Å². The van der Waals surface area contributed by atoms with Gasteiger partial charge in [-0.3, -0.25) is 37.3 Å². The minimum atomic E-state index is -4.95. The maximum atomic E-state index is 13.1. The first-order valence-electron chi connectivity index (χ1n) is 37.6. The minimum Gasteiger partial charge on any atom is -0.462 e. The van der Waals surface area contributed by atoms with Gasteiger partial charge in [0.1, 0.15) is 19.3 Å². The van der Waals surface area contributed by atoms with Crippen molar-refractivity contribution in [1.29, 1.82) is 0 Å². The van der Waals surface area contributed by atoms with Gasteiger partial charge in [0.05, 0.1) is 26.4 Å². The molecule has 0 bridgehead atoms. The Morgan fingerprint density at radius 3 is 0.747 bits per heavy atom. The first-order chi connectivity index (χ1) is 44.0. The van der Waals surface area contributed by atoms with Crippen molar-refractivity contribution in [3.05, 3.63) is 0 Å². The van der Waals surface area contributed by atoms with Gasteiger partial charge in [0.2, 0.25) is 0 Å². The Morgan fingerprint density at radius 1 is 0.297 bits per heavy atom. The topological polar surface area (TPSA) is 237 Å². The molecular weight excluding hydrogens is 1200 g/mol. The van der Waals surface area contributed by atoms with E-state index in [1.807, 2.05) is 0 Å². The number of hydrogen-bond acceptors (Lipinski definition) is 15. The summed E-state index contributed by atoms with van der Waals surface area (Å²) in [6.45, 7) is 7.07. The number of phosphoric ester groups is 2. The van der Waals surface area contributed by atoms with Crippen LogP contribution in [-0.4, -0.2) is 96.7 Å². The van der Waals surface area contributed by atoms with Gasteiger partial charge in [0.15, 0.2) is 12.2 Å².